The summed E-state index contributed by atoms with van der Waals surface area (Å²) in [7, 11) is 0. The number of fused-ring (bicyclic) bond motifs is 5. The Morgan fingerprint density at radius 1 is 1.10 bits per heavy atom. The first-order valence-corrected chi connectivity index (χ1v) is 9.69. The highest BCUT2D eigenvalue weighted by Crippen LogP contribution is 2.69. The van der Waals surface area contributed by atoms with Crippen molar-refractivity contribution >= 4 is 5.95 Å². The maximum atomic E-state index is 14.3. The lowest BCUT2D eigenvalue weighted by atomic mass is 9.65. The largest absolute Gasteiger partial charge is 0.368 e. The average Bonchev–Trinajstić information content (AvgIpc) is 3.05. The predicted molar refractivity (Wildman–Crippen MR) is 105 cm³/mol. The van der Waals surface area contributed by atoms with E-state index < -0.39 is 17.0 Å². The van der Waals surface area contributed by atoms with Gasteiger partial charge in [-0.25, -0.2) is 18.7 Å². The summed E-state index contributed by atoms with van der Waals surface area (Å²) >= 11 is 0. The highest BCUT2D eigenvalue weighted by molar-refractivity contribution is 5.64. The molecular weight excluding hydrogens is 372 g/mol. The van der Waals surface area contributed by atoms with Gasteiger partial charge in [0, 0.05) is 6.20 Å². The van der Waals surface area contributed by atoms with Gasteiger partial charge in [0.15, 0.2) is 0 Å². The third-order valence-electron chi connectivity index (χ3n) is 7.00. The number of hydrogen-bond donors (Lipinski definition) is 1. The van der Waals surface area contributed by atoms with Crippen LogP contribution in [0, 0.1) is 24.0 Å². The number of rotatable bonds is 2. The van der Waals surface area contributed by atoms with Crippen LogP contribution in [0.4, 0.5) is 14.7 Å². The molecule has 2 atom stereocenters. The highest BCUT2D eigenvalue weighted by atomic mass is 19.1. The molecule has 1 fully saturated rings. The molecule has 5 rings (SSSR count). The third-order valence-corrected chi connectivity index (χ3v) is 7.00. The van der Waals surface area contributed by atoms with E-state index in [4.69, 9.17) is 5.73 Å². The topological polar surface area (TPSA) is 77.6 Å². The average molecular weight is 393 g/mol. The Bertz CT molecular complexity index is 1140. The normalized spacial score (nSPS) is 24.0. The van der Waals surface area contributed by atoms with E-state index in [2.05, 4.69) is 34.0 Å². The Hall–Kier alpha value is -2.96. The molecule has 0 aliphatic heterocycles. The van der Waals surface area contributed by atoms with Crippen molar-refractivity contribution in [1.29, 1.82) is 0 Å². The van der Waals surface area contributed by atoms with E-state index in [9.17, 15) is 8.78 Å². The summed E-state index contributed by atoms with van der Waals surface area (Å²) in [4.78, 5) is 8.72. The first kappa shape index (κ1) is 18.1. The molecule has 1 aromatic carbocycles. The van der Waals surface area contributed by atoms with Crippen molar-refractivity contribution < 1.29 is 8.78 Å². The van der Waals surface area contributed by atoms with Gasteiger partial charge in [0.25, 0.3) is 0 Å². The van der Waals surface area contributed by atoms with E-state index in [1.807, 2.05) is 6.92 Å². The Morgan fingerprint density at radius 3 is 2.55 bits per heavy atom. The van der Waals surface area contributed by atoms with Gasteiger partial charge in [-0.2, -0.15) is 5.10 Å². The van der Waals surface area contributed by atoms with Crippen LogP contribution in [0.15, 0.2) is 30.5 Å². The van der Waals surface area contributed by atoms with E-state index in [-0.39, 0.29) is 28.5 Å². The molecule has 7 heteroatoms. The fraction of sp³-hybridized carbons (Fsp3) is 0.364. The molecule has 0 unspecified atom stereocenters. The SMILES string of the molecule is Cc1cnc(N)nc1[C@]12CC[C@@H](c3cc(-c4c(F)cccc4F)nnc31)C2(C)C. The van der Waals surface area contributed by atoms with E-state index >= 15 is 0 Å². The smallest absolute Gasteiger partial charge is 0.220 e. The quantitative estimate of drug-likeness (QED) is 0.702. The molecule has 29 heavy (non-hydrogen) atoms. The molecule has 2 aromatic heterocycles. The molecule has 2 bridgehead atoms. The van der Waals surface area contributed by atoms with Gasteiger partial charge in [-0.3, -0.25) is 0 Å². The van der Waals surface area contributed by atoms with Gasteiger partial charge in [0.1, 0.15) is 11.6 Å². The molecule has 3 aromatic rings. The van der Waals surface area contributed by atoms with Gasteiger partial charge in [-0.15, -0.1) is 5.10 Å². The van der Waals surface area contributed by atoms with Crippen LogP contribution >= 0.6 is 0 Å². The van der Waals surface area contributed by atoms with Crippen LogP contribution in [-0.2, 0) is 5.41 Å². The van der Waals surface area contributed by atoms with Crippen molar-refractivity contribution in [3.63, 3.8) is 0 Å². The minimum absolute atomic E-state index is 0.139. The molecule has 5 nitrogen and oxygen atoms in total. The number of halogens is 2. The van der Waals surface area contributed by atoms with Gasteiger partial charge in [0.05, 0.1) is 28.1 Å². The van der Waals surface area contributed by atoms with Crippen LogP contribution in [0.2, 0.25) is 0 Å². The lowest BCUT2D eigenvalue weighted by Gasteiger charge is -2.38. The molecule has 0 saturated heterocycles. The molecular formula is C22H21F2N5. The number of nitrogens with zero attached hydrogens (tertiary/aromatic N) is 4. The minimum Gasteiger partial charge on any atom is -0.368 e. The zero-order chi connectivity index (χ0) is 20.6. The third kappa shape index (κ3) is 2.18. The zero-order valence-corrected chi connectivity index (χ0v) is 16.5. The van der Waals surface area contributed by atoms with E-state index in [0.29, 0.717) is 0 Å². The second kappa shape index (κ2) is 5.78. The first-order valence-electron chi connectivity index (χ1n) is 9.69. The number of nitrogen functional groups attached to an aromatic ring is 1. The van der Waals surface area contributed by atoms with Crippen LogP contribution in [0.25, 0.3) is 11.3 Å². The minimum atomic E-state index is -0.643. The van der Waals surface area contributed by atoms with Crippen molar-refractivity contribution in [3.05, 3.63) is 64.6 Å². The second-order valence-corrected chi connectivity index (χ2v) is 8.61. The monoisotopic (exact) mass is 393 g/mol. The van der Waals surface area contributed by atoms with Crippen LogP contribution < -0.4 is 5.73 Å². The molecule has 0 spiro atoms. The summed E-state index contributed by atoms with van der Waals surface area (Å²) in [5.74, 6) is -0.866. The zero-order valence-electron chi connectivity index (χ0n) is 16.5. The van der Waals surface area contributed by atoms with Crippen molar-refractivity contribution in [2.45, 2.75) is 44.9 Å². The Labute approximate surface area is 167 Å². The van der Waals surface area contributed by atoms with E-state index in [1.54, 1.807) is 12.3 Å². The maximum Gasteiger partial charge on any atom is 0.220 e. The fourth-order valence-electron chi connectivity index (χ4n) is 5.60. The van der Waals surface area contributed by atoms with Crippen LogP contribution in [0.3, 0.4) is 0 Å². The Kier molecular flexibility index (Phi) is 3.61. The van der Waals surface area contributed by atoms with Crippen LogP contribution in [0.5, 0.6) is 0 Å². The van der Waals surface area contributed by atoms with Gasteiger partial charge in [-0.1, -0.05) is 19.9 Å². The molecule has 2 aliphatic rings. The first-order chi connectivity index (χ1) is 13.8. The number of aromatic nitrogens is 4. The molecule has 1 saturated carbocycles. The summed E-state index contributed by atoms with van der Waals surface area (Å²) in [6, 6.07) is 5.62. The van der Waals surface area contributed by atoms with Gasteiger partial charge in [0.2, 0.25) is 5.95 Å². The van der Waals surface area contributed by atoms with E-state index in [0.717, 1.165) is 35.4 Å². The van der Waals surface area contributed by atoms with Crippen molar-refractivity contribution in [2.75, 3.05) is 5.73 Å². The molecule has 2 aliphatic carbocycles. The highest BCUT2D eigenvalue weighted by Gasteiger charge is 2.65. The lowest BCUT2D eigenvalue weighted by molar-refractivity contribution is 0.242. The van der Waals surface area contributed by atoms with Crippen molar-refractivity contribution in [1.82, 2.24) is 20.2 Å². The summed E-state index contributed by atoms with van der Waals surface area (Å²) in [6.07, 6.45) is 3.55. The van der Waals surface area contributed by atoms with Gasteiger partial charge < -0.3 is 5.73 Å². The molecule has 2 N–H and O–H groups in total. The molecule has 148 valence electrons. The standard InChI is InChI=1S/C22H21F2N5/c1-11-10-26-20(25)27-18(11)22-8-7-13(21(22,2)3)12-9-16(28-29-19(12)22)17-14(23)5-4-6-15(17)24/h4-6,9-10,13H,7-8H2,1-3H3,(H2,25,26,27)/t13-,22+/m0/s1. The van der Waals surface area contributed by atoms with Gasteiger partial charge >= 0.3 is 0 Å². The van der Waals surface area contributed by atoms with Gasteiger partial charge in [-0.05, 0) is 60.4 Å². The predicted octanol–water partition coefficient (Wildman–Crippen LogP) is 4.31. The number of aryl methyl sites for hydroxylation is 1. The fourth-order valence-corrected chi connectivity index (χ4v) is 5.60. The van der Waals surface area contributed by atoms with Crippen molar-refractivity contribution in [3.8, 4) is 11.3 Å². The van der Waals surface area contributed by atoms with Crippen LogP contribution in [-0.4, -0.2) is 20.2 Å². The Morgan fingerprint density at radius 2 is 1.83 bits per heavy atom. The second-order valence-electron chi connectivity index (χ2n) is 8.61. The number of anilines is 1. The summed E-state index contributed by atoms with van der Waals surface area (Å²) in [5.41, 5.74) is 9.01. The summed E-state index contributed by atoms with van der Waals surface area (Å²) in [6.45, 7) is 6.38. The number of hydrogen-bond acceptors (Lipinski definition) is 5. The molecule has 0 amide bonds. The molecule has 2 heterocycles. The van der Waals surface area contributed by atoms with Crippen molar-refractivity contribution in [2.24, 2.45) is 5.41 Å². The summed E-state index contributed by atoms with van der Waals surface area (Å²) < 4.78 is 28.7. The lowest BCUT2D eigenvalue weighted by Crippen LogP contribution is -2.38. The number of benzene rings is 1. The maximum absolute atomic E-state index is 14.3. The van der Waals surface area contributed by atoms with E-state index in [1.165, 1.54) is 18.2 Å². The number of nitrogens with two attached hydrogens (primary N) is 1. The summed E-state index contributed by atoms with van der Waals surface area (Å²) in [5, 5.41) is 8.78. The van der Waals surface area contributed by atoms with Crippen LogP contribution in [0.1, 0.15) is 55.1 Å². The molecule has 0 radical (unpaired) electrons. The Balaban J connectivity index is 1.76.